The number of fused-ring (bicyclic) bond motifs is 3. The fourth-order valence-electron chi connectivity index (χ4n) is 7.85. The fourth-order valence-corrected chi connectivity index (χ4v) is 7.85. The molecule has 59 heavy (non-hydrogen) atoms. The van der Waals surface area contributed by atoms with Crippen LogP contribution in [-0.4, -0.2) is 85.4 Å². The second-order valence-electron chi connectivity index (χ2n) is 16.7. The topological polar surface area (TPSA) is 152 Å². The lowest BCUT2D eigenvalue weighted by Gasteiger charge is -2.29. The summed E-state index contributed by atoms with van der Waals surface area (Å²) in [5.41, 5.74) is 4.80. The SMILES string of the molecule is COC(=O)C(CCCNC(=O)OCC1c2ccccc2-c2ccccc21)NC(=O)[C@@H]1CCCN1C(=O)C(/C=C/C(CC(C)C)NC(=O)OC(C)(C)C)Cc1ccccc1. The van der Waals surface area contributed by atoms with Gasteiger partial charge in [-0.3, -0.25) is 9.59 Å². The van der Waals surface area contributed by atoms with E-state index in [0.29, 0.717) is 38.6 Å². The molecule has 2 aliphatic rings. The third-order valence-corrected chi connectivity index (χ3v) is 10.5. The van der Waals surface area contributed by atoms with Crippen molar-refractivity contribution in [1.82, 2.24) is 20.9 Å². The first-order valence-corrected chi connectivity index (χ1v) is 20.7. The number of nitrogens with one attached hydrogen (secondary N) is 3. The molecule has 3 N–H and O–H groups in total. The first kappa shape index (κ1) is 44.5. The van der Waals surface area contributed by atoms with Crippen molar-refractivity contribution in [2.24, 2.45) is 11.8 Å². The van der Waals surface area contributed by atoms with E-state index < -0.39 is 47.7 Å². The summed E-state index contributed by atoms with van der Waals surface area (Å²) in [6.45, 7) is 10.3. The van der Waals surface area contributed by atoms with E-state index in [1.165, 1.54) is 7.11 Å². The highest BCUT2D eigenvalue weighted by Crippen LogP contribution is 2.44. The molecule has 4 atom stereocenters. The van der Waals surface area contributed by atoms with Gasteiger partial charge in [-0.1, -0.05) is 105 Å². The number of ether oxygens (including phenoxy) is 3. The Morgan fingerprint density at radius 1 is 0.847 bits per heavy atom. The zero-order valence-corrected chi connectivity index (χ0v) is 35.2. The predicted octanol–water partition coefficient (Wildman–Crippen LogP) is 7.31. The highest BCUT2D eigenvalue weighted by Gasteiger charge is 2.38. The van der Waals surface area contributed by atoms with Gasteiger partial charge in [0.25, 0.3) is 0 Å². The van der Waals surface area contributed by atoms with Crippen LogP contribution in [0, 0.1) is 11.8 Å². The van der Waals surface area contributed by atoms with Crippen LogP contribution >= 0.6 is 0 Å². The summed E-state index contributed by atoms with van der Waals surface area (Å²) in [4.78, 5) is 68.1. The average Bonchev–Trinajstić information content (AvgIpc) is 3.82. The average molecular weight is 809 g/mol. The molecular formula is C47H60N4O8. The lowest BCUT2D eigenvalue weighted by molar-refractivity contribution is -0.146. The molecule has 1 aliphatic heterocycles. The van der Waals surface area contributed by atoms with E-state index in [2.05, 4.69) is 54.1 Å². The van der Waals surface area contributed by atoms with Crippen molar-refractivity contribution in [2.75, 3.05) is 26.8 Å². The Bertz CT molecular complexity index is 1900. The summed E-state index contributed by atoms with van der Waals surface area (Å²) in [5.74, 6) is -1.72. The van der Waals surface area contributed by atoms with Crippen molar-refractivity contribution in [3.8, 4) is 11.1 Å². The van der Waals surface area contributed by atoms with Crippen LogP contribution < -0.4 is 16.0 Å². The highest BCUT2D eigenvalue weighted by molar-refractivity contribution is 5.92. The minimum atomic E-state index is -0.981. The summed E-state index contributed by atoms with van der Waals surface area (Å²) in [7, 11) is 1.26. The van der Waals surface area contributed by atoms with E-state index in [4.69, 9.17) is 14.2 Å². The molecule has 1 fully saturated rings. The van der Waals surface area contributed by atoms with Gasteiger partial charge in [0.1, 0.15) is 24.3 Å². The third-order valence-electron chi connectivity index (χ3n) is 10.5. The second kappa shape index (κ2) is 20.9. The highest BCUT2D eigenvalue weighted by atomic mass is 16.6. The van der Waals surface area contributed by atoms with Gasteiger partial charge in [0.05, 0.1) is 19.1 Å². The molecule has 3 aromatic carbocycles. The number of hydrogen-bond acceptors (Lipinski definition) is 8. The van der Waals surface area contributed by atoms with Gasteiger partial charge >= 0.3 is 18.2 Å². The van der Waals surface area contributed by atoms with Gasteiger partial charge in [-0.2, -0.15) is 0 Å². The van der Waals surface area contributed by atoms with E-state index in [0.717, 1.165) is 27.8 Å². The summed E-state index contributed by atoms with van der Waals surface area (Å²) in [6, 6.07) is 23.7. The van der Waals surface area contributed by atoms with E-state index in [-0.39, 0.29) is 43.4 Å². The number of carbonyl (C=O) groups excluding carboxylic acids is 5. The molecule has 0 spiro atoms. The Balaban J connectivity index is 1.18. The van der Waals surface area contributed by atoms with Gasteiger partial charge < -0.3 is 35.1 Å². The van der Waals surface area contributed by atoms with Gasteiger partial charge in [-0.15, -0.1) is 0 Å². The third kappa shape index (κ3) is 12.7. The van der Waals surface area contributed by atoms with Crippen molar-refractivity contribution in [2.45, 2.75) is 103 Å². The molecular weight excluding hydrogens is 749 g/mol. The molecule has 1 aliphatic carbocycles. The number of rotatable bonds is 17. The molecule has 0 bridgehead atoms. The van der Waals surface area contributed by atoms with E-state index in [9.17, 15) is 24.0 Å². The first-order valence-electron chi connectivity index (χ1n) is 20.7. The number of methoxy groups -OCH3 is 1. The minimum absolute atomic E-state index is 0.0679. The van der Waals surface area contributed by atoms with Crippen molar-refractivity contribution in [1.29, 1.82) is 0 Å². The van der Waals surface area contributed by atoms with Gasteiger partial charge in [-0.25, -0.2) is 14.4 Å². The van der Waals surface area contributed by atoms with Crippen LogP contribution in [0.4, 0.5) is 9.59 Å². The number of esters is 1. The Morgan fingerprint density at radius 2 is 1.49 bits per heavy atom. The van der Waals surface area contributed by atoms with Crippen LogP contribution in [0.15, 0.2) is 91.0 Å². The van der Waals surface area contributed by atoms with Crippen LogP contribution in [0.5, 0.6) is 0 Å². The Morgan fingerprint density at radius 3 is 2.12 bits per heavy atom. The monoisotopic (exact) mass is 808 g/mol. The van der Waals surface area contributed by atoms with Gasteiger partial charge in [0.15, 0.2) is 0 Å². The van der Waals surface area contributed by atoms with Crippen LogP contribution in [0.1, 0.15) is 89.3 Å². The molecule has 0 radical (unpaired) electrons. The molecule has 1 heterocycles. The Hall–Kier alpha value is -5.65. The number of benzene rings is 3. The summed E-state index contributed by atoms with van der Waals surface area (Å²) >= 11 is 0. The Kier molecular flexibility index (Phi) is 15.7. The number of nitrogens with zero attached hydrogens (tertiary/aromatic N) is 1. The van der Waals surface area contributed by atoms with Gasteiger partial charge in [-0.05, 0) is 93.0 Å². The smallest absolute Gasteiger partial charge is 0.408 e. The van der Waals surface area contributed by atoms with Crippen LogP contribution in [-0.2, 0) is 35.0 Å². The standard InChI is InChI=1S/C47H60N4O8/c1-31(2)28-34(49-46(56)59-47(3,4)5)25-24-33(29-32-16-8-7-9-17-32)43(53)51-27-15-23-41(51)42(52)50-40(44(54)57-6)22-14-26-48-45(55)58-30-39-37-20-12-10-18-35(37)36-19-11-13-21-38(36)39/h7-13,16-21,24-25,31,33-34,39-41H,14-15,22-23,26-30H2,1-6H3,(H,48,55)(H,49,56)(H,50,52)/b25-24+/t33?,34?,40?,41-/m0/s1. The van der Waals surface area contributed by atoms with Crippen LogP contribution in [0.2, 0.25) is 0 Å². The molecule has 4 amide bonds. The molecule has 0 saturated carbocycles. The lowest BCUT2D eigenvalue weighted by Crippen LogP contribution is -2.52. The van der Waals surface area contributed by atoms with Crippen molar-refractivity contribution in [3.05, 3.63) is 108 Å². The fraction of sp³-hybridized carbons (Fsp3) is 0.468. The summed E-state index contributed by atoms with van der Waals surface area (Å²) < 4.78 is 16.2. The molecule has 316 valence electrons. The second-order valence-corrected chi connectivity index (χ2v) is 16.7. The first-order chi connectivity index (χ1) is 28.2. The number of hydrogen-bond donors (Lipinski definition) is 3. The number of carbonyl (C=O) groups is 5. The van der Waals surface area contributed by atoms with Crippen molar-refractivity contribution in [3.63, 3.8) is 0 Å². The van der Waals surface area contributed by atoms with Crippen LogP contribution in [0.25, 0.3) is 11.1 Å². The van der Waals surface area contributed by atoms with Crippen molar-refractivity contribution < 1.29 is 38.2 Å². The number of amides is 4. The van der Waals surface area contributed by atoms with Gasteiger partial charge in [0.2, 0.25) is 11.8 Å². The maximum atomic E-state index is 14.4. The summed E-state index contributed by atoms with van der Waals surface area (Å²) in [5, 5.41) is 8.54. The lowest BCUT2D eigenvalue weighted by atomic mass is 9.95. The summed E-state index contributed by atoms with van der Waals surface area (Å²) in [6.07, 6.45) is 5.21. The Labute approximate surface area is 348 Å². The molecule has 0 aromatic heterocycles. The normalized spacial score (nSPS) is 16.5. The predicted molar refractivity (Wildman–Crippen MR) is 226 cm³/mol. The zero-order valence-electron chi connectivity index (χ0n) is 35.2. The van der Waals surface area contributed by atoms with E-state index >= 15 is 0 Å². The molecule has 12 nitrogen and oxygen atoms in total. The quantitative estimate of drug-likeness (QED) is 0.0556. The van der Waals surface area contributed by atoms with Crippen molar-refractivity contribution >= 4 is 30.0 Å². The minimum Gasteiger partial charge on any atom is -0.467 e. The van der Waals surface area contributed by atoms with Crippen LogP contribution in [0.3, 0.4) is 0 Å². The molecule has 5 rings (SSSR count). The zero-order chi connectivity index (χ0) is 42.5. The molecule has 12 heteroatoms. The number of alkyl carbamates (subject to hydrolysis) is 2. The van der Waals surface area contributed by atoms with Gasteiger partial charge in [0, 0.05) is 19.0 Å². The van der Waals surface area contributed by atoms with E-state index in [1.807, 2.05) is 66.7 Å². The largest absolute Gasteiger partial charge is 0.467 e. The molecule has 3 aromatic rings. The molecule has 3 unspecified atom stereocenters. The maximum Gasteiger partial charge on any atom is 0.408 e. The number of likely N-dealkylation sites (tertiary alicyclic amines) is 1. The van der Waals surface area contributed by atoms with E-state index in [1.54, 1.807) is 25.7 Å². The maximum absolute atomic E-state index is 14.4. The molecule has 1 saturated heterocycles.